The molecule has 1 saturated carbocycles. The van der Waals surface area contributed by atoms with E-state index in [0.29, 0.717) is 36.5 Å². The van der Waals surface area contributed by atoms with E-state index in [9.17, 15) is 9.59 Å². The van der Waals surface area contributed by atoms with Crippen LogP contribution < -0.4 is 5.32 Å². The molecule has 3 amide bonds. The molecule has 1 aromatic rings. The molecule has 2 fully saturated rings. The molecule has 0 bridgehead atoms. The molecule has 1 aliphatic carbocycles. The van der Waals surface area contributed by atoms with E-state index < -0.39 is 0 Å². The number of amides is 3. The summed E-state index contributed by atoms with van der Waals surface area (Å²) in [5.74, 6) is 1.22. The summed E-state index contributed by atoms with van der Waals surface area (Å²) >= 11 is 0. The van der Waals surface area contributed by atoms with Gasteiger partial charge in [-0.05, 0) is 32.6 Å². The molecule has 7 heteroatoms. The smallest absolute Gasteiger partial charge is 0.317 e. The summed E-state index contributed by atoms with van der Waals surface area (Å²) in [4.78, 5) is 32.3. The van der Waals surface area contributed by atoms with Crippen LogP contribution in [0.15, 0.2) is 4.42 Å². The maximum Gasteiger partial charge on any atom is 0.317 e. The number of urea groups is 1. The van der Waals surface area contributed by atoms with E-state index in [1.165, 1.54) is 17.7 Å². The number of hydrogen-bond acceptors (Lipinski definition) is 4. The SMILES string of the molecule is Cc1oc(C2CCN(C(=O)NC3CCCC3)CC2)nc1C(=O)N(C)C. The fraction of sp³-hybridized carbons (Fsp3) is 0.722. The van der Waals surface area contributed by atoms with Gasteiger partial charge in [0.25, 0.3) is 5.91 Å². The van der Waals surface area contributed by atoms with Gasteiger partial charge in [0.2, 0.25) is 0 Å². The second kappa shape index (κ2) is 7.45. The lowest BCUT2D eigenvalue weighted by Gasteiger charge is -2.31. The number of likely N-dealkylation sites (tertiary alicyclic amines) is 1. The fourth-order valence-corrected chi connectivity index (χ4v) is 3.67. The van der Waals surface area contributed by atoms with Crippen LogP contribution >= 0.6 is 0 Å². The molecule has 1 aliphatic heterocycles. The third-order valence-electron chi connectivity index (χ3n) is 5.24. The first kappa shape index (κ1) is 17.8. The summed E-state index contributed by atoms with van der Waals surface area (Å²) < 4.78 is 5.75. The number of nitrogens with one attached hydrogen (secondary N) is 1. The van der Waals surface area contributed by atoms with Crippen molar-refractivity contribution in [1.29, 1.82) is 0 Å². The number of aromatic nitrogens is 1. The number of nitrogens with zero attached hydrogens (tertiary/aromatic N) is 3. The van der Waals surface area contributed by atoms with Gasteiger partial charge >= 0.3 is 6.03 Å². The topological polar surface area (TPSA) is 78.7 Å². The Morgan fingerprint density at radius 2 is 1.80 bits per heavy atom. The molecule has 2 aliphatic rings. The minimum Gasteiger partial charge on any atom is -0.445 e. The molecule has 7 nitrogen and oxygen atoms in total. The van der Waals surface area contributed by atoms with Gasteiger partial charge in [0.1, 0.15) is 5.76 Å². The lowest BCUT2D eigenvalue weighted by atomic mass is 9.97. The van der Waals surface area contributed by atoms with E-state index in [-0.39, 0.29) is 17.9 Å². The van der Waals surface area contributed by atoms with Crippen LogP contribution in [0.4, 0.5) is 4.79 Å². The van der Waals surface area contributed by atoms with Gasteiger partial charge in [0.05, 0.1) is 0 Å². The van der Waals surface area contributed by atoms with E-state index in [1.807, 2.05) is 4.90 Å². The van der Waals surface area contributed by atoms with Crippen LogP contribution in [0.1, 0.15) is 66.6 Å². The van der Waals surface area contributed by atoms with E-state index in [2.05, 4.69) is 10.3 Å². The van der Waals surface area contributed by atoms with Gasteiger partial charge in [-0.25, -0.2) is 9.78 Å². The number of carbonyl (C=O) groups excluding carboxylic acids is 2. The van der Waals surface area contributed by atoms with Crippen molar-refractivity contribution in [3.8, 4) is 0 Å². The molecular weight excluding hydrogens is 320 g/mol. The molecule has 1 N–H and O–H groups in total. The maximum absolute atomic E-state index is 12.3. The number of oxazole rings is 1. The quantitative estimate of drug-likeness (QED) is 0.910. The van der Waals surface area contributed by atoms with Crippen molar-refractivity contribution < 1.29 is 14.0 Å². The molecule has 2 heterocycles. The Morgan fingerprint density at radius 3 is 2.40 bits per heavy atom. The number of piperidine rings is 1. The van der Waals surface area contributed by atoms with Crippen molar-refractivity contribution >= 4 is 11.9 Å². The summed E-state index contributed by atoms with van der Waals surface area (Å²) in [6.45, 7) is 3.17. The molecule has 0 unspecified atom stereocenters. The van der Waals surface area contributed by atoms with Gasteiger partial charge in [-0.1, -0.05) is 12.8 Å². The Morgan fingerprint density at radius 1 is 1.16 bits per heavy atom. The number of hydrogen-bond donors (Lipinski definition) is 1. The maximum atomic E-state index is 12.3. The number of carbonyl (C=O) groups is 2. The lowest BCUT2D eigenvalue weighted by molar-refractivity contribution is 0.0821. The average molecular weight is 348 g/mol. The minimum absolute atomic E-state index is 0.0532. The number of aryl methyl sites for hydroxylation is 1. The summed E-state index contributed by atoms with van der Waals surface area (Å²) in [6.07, 6.45) is 6.25. The Kier molecular flexibility index (Phi) is 5.30. The zero-order chi connectivity index (χ0) is 18.0. The van der Waals surface area contributed by atoms with Gasteiger partial charge < -0.3 is 19.5 Å². The van der Waals surface area contributed by atoms with Crippen molar-refractivity contribution in [2.75, 3.05) is 27.2 Å². The molecule has 0 aromatic carbocycles. The Labute approximate surface area is 148 Å². The highest BCUT2D eigenvalue weighted by Crippen LogP contribution is 2.29. The highest BCUT2D eigenvalue weighted by molar-refractivity contribution is 5.92. The molecule has 0 spiro atoms. The molecule has 1 aromatic heterocycles. The van der Waals surface area contributed by atoms with Gasteiger partial charge in [0.15, 0.2) is 11.6 Å². The third kappa shape index (κ3) is 3.96. The molecular formula is C18H28N4O3. The molecule has 0 atom stereocenters. The Hall–Kier alpha value is -2.05. The summed E-state index contributed by atoms with van der Waals surface area (Å²) in [7, 11) is 3.41. The van der Waals surface area contributed by atoms with Gasteiger partial charge in [-0.2, -0.15) is 0 Å². The first-order valence-corrected chi connectivity index (χ1v) is 9.20. The van der Waals surface area contributed by atoms with Crippen LogP contribution in [0, 0.1) is 6.92 Å². The first-order valence-electron chi connectivity index (χ1n) is 9.20. The monoisotopic (exact) mass is 348 g/mol. The van der Waals surface area contributed by atoms with E-state index >= 15 is 0 Å². The largest absolute Gasteiger partial charge is 0.445 e. The van der Waals surface area contributed by atoms with Crippen molar-refractivity contribution in [2.24, 2.45) is 0 Å². The van der Waals surface area contributed by atoms with Crippen molar-refractivity contribution in [1.82, 2.24) is 20.1 Å². The highest BCUT2D eigenvalue weighted by Gasteiger charge is 2.30. The predicted octanol–water partition coefficient (Wildman–Crippen LogP) is 2.52. The second-order valence-corrected chi connectivity index (χ2v) is 7.35. The summed E-state index contributed by atoms with van der Waals surface area (Å²) in [6, 6.07) is 0.400. The molecule has 1 saturated heterocycles. The van der Waals surface area contributed by atoms with E-state index in [1.54, 1.807) is 21.0 Å². The molecule has 3 rings (SSSR count). The number of rotatable bonds is 3. The first-order chi connectivity index (χ1) is 12.0. The highest BCUT2D eigenvalue weighted by atomic mass is 16.4. The van der Waals surface area contributed by atoms with Crippen LogP contribution in [0.2, 0.25) is 0 Å². The third-order valence-corrected chi connectivity index (χ3v) is 5.24. The molecule has 0 radical (unpaired) electrons. The Balaban J connectivity index is 1.56. The summed E-state index contributed by atoms with van der Waals surface area (Å²) in [5.41, 5.74) is 0.390. The van der Waals surface area contributed by atoms with Crippen molar-refractivity contribution in [3.05, 3.63) is 17.3 Å². The van der Waals surface area contributed by atoms with Crippen LogP contribution in [0.25, 0.3) is 0 Å². The lowest BCUT2D eigenvalue weighted by Crippen LogP contribution is -2.47. The van der Waals surface area contributed by atoms with Gasteiger partial charge in [-0.3, -0.25) is 4.79 Å². The van der Waals surface area contributed by atoms with Crippen LogP contribution in [0.5, 0.6) is 0 Å². The second-order valence-electron chi connectivity index (χ2n) is 7.35. The zero-order valence-electron chi connectivity index (χ0n) is 15.4. The van der Waals surface area contributed by atoms with Crippen LogP contribution in [-0.4, -0.2) is 59.9 Å². The molecule has 25 heavy (non-hydrogen) atoms. The predicted molar refractivity (Wildman–Crippen MR) is 93.6 cm³/mol. The van der Waals surface area contributed by atoms with Crippen LogP contribution in [0.3, 0.4) is 0 Å². The van der Waals surface area contributed by atoms with Crippen LogP contribution in [-0.2, 0) is 0 Å². The average Bonchev–Trinajstić information content (AvgIpc) is 3.23. The minimum atomic E-state index is -0.138. The van der Waals surface area contributed by atoms with Gasteiger partial charge in [0, 0.05) is 39.1 Å². The van der Waals surface area contributed by atoms with Gasteiger partial charge in [-0.15, -0.1) is 0 Å². The summed E-state index contributed by atoms with van der Waals surface area (Å²) in [5, 5.41) is 3.14. The standard InChI is InChI=1S/C18H28N4O3/c1-12-15(17(23)21(2)3)20-16(25-12)13-8-10-22(11-9-13)18(24)19-14-6-4-5-7-14/h13-14H,4-11H2,1-3H3,(H,19,24). The zero-order valence-corrected chi connectivity index (χ0v) is 15.4. The van der Waals surface area contributed by atoms with E-state index in [4.69, 9.17) is 4.42 Å². The van der Waals surface area contributed by atoms with Crippen molar-refractivity contribution in [2.45, 2.75) is 57.4 Å². The van der Waals surface area contributed by atoms with Crippen molar-refractivity contribution in [3.63, 3.8) is 0 Å². The fourth-order valence-electron chi connectivity index (χ4n) is 3.67. The van der Waals surface area contributed by atoms with E-state index in [0.717, 1.165) is 25.7 Å². The normalized spacial score (nSPS) is 19.2. The molecule has 138 valence electrons. The Bertz CT molecular complexity index is 626.